The number of nitrogens with one attached hydrogen (secondary N) is 2. The van der Waals surface area contributed by atoms with Crippen molar-refractivity contribution in [1.29, 1.82) is 0 Å². The molecule has 4 amide bonds. The average molecular weight is 648 g/mol. The summed E-state index contributed by atoms with van der Waals surface area (Å²) in [5.74, 6) is -2.31. The highest BCUT2D eigenvalue weighted by atomic mass is 32.1. The minimum Gasteiger partial charge on any atom is -0.351 e. The molecule has 0 spiro atoms. The van der Waals surface area contributed by atoms with Gasteiger partial charge in [-0.1, -0.05) is 55.3 Å². The molecule has 11 heteroatoms. The van der Waals surface area contributed by atoms with Crippen LogP contribution in [0.25, 0.3) is 0 Å². The van der Waals surface area contributed by atoms with Gasteiger partial charge in [-0.15, -0.1) is 11.3 Å². The average Bonchev–Trinajstić information content (AvgIpc) is 3.46. The molecular formula is C35H42FN5O4S. The molecule has 5 rings (SSSR count). The van der Waals surface area contributed by atoms with E-state index in [2.05, 4.69) is 15.6 Å². The Morgan fingerprint density at radius 2 is 1.59 bits per heavy atom. The van der Waals surface area contributed by atoms with Crippen LogP contribution >= 0.6 is 11.3 Å². The van der Waals surface area contributed by atoms with Crippen LogP contribution in [0.5, 0.6) is 0 Å². The van der Waals surface area contributed by atoms with E-state index in [4.69, 9.17) is 0 Å². The Morgan fingerprint density at radius 1 is 0.870 bits per heavy atom. The van der Waals surface area contributed by atoms with Crippen molar-refractivity contribution in [3.05, 3.63) is 87.1 Å². The molecule has 0 unspecified atom stereocenters. The number of hydrogen-bond donors (Lipinski definition) is 2. The Labute approximate surface area is 273 Å². The van der Waals surface area contributed by atoms with Crippen LogP contribution in [0.15, 0.2) is 53.9 Å². The van der Waals surface area contributed by atoms with E-state index in [1.165, 1.54) is 27.2 Å². The summed E-state index contributed by atoms with van der Waals surface area (Å²) in [6, 6.07) is 12.8. The fourth-order valence-electron chi connectivity index (χ4n) is 6.35. The van der Waals surface area contributed by atoms with Crippen molar-refractivity contribution in [2.45, 2.75) is 70.9 Å². The van der Waals surface area contributed by atoms with Gasteiger partial charge >= 0.3 is 0 Å². The molecule has 1 aliphatic carbocycles. The van der Waals surface area contributed by atoms with Gasteiger partial charge in [0.15, 0.2) is 0 Å². The maximum atomic E-state index is 14.5. The second kappa shape index (κ2) is 15.4. The van der Waals surface area contributed by atoms with Crippen molar-refractivity contribution >= 4 is 35.0 Å². The molecule has 1 aromatic heterocycles. The SMILES string of the molecule is Cc1nc(CCN2CC(=O)N(CCc3ccccc3F)CC(=O)N[C@H]3CCCC[C@H]3C(=O)N[C@@H](Cc3ccccc3C)C2=O)cs1. The lowest BCUT2D eigenvalue weighted by Crippen LogP contribution is -2.55. The fourth-order valence-corrected chi connectivity index (χ4v) is 7.00. The number of fused-ring (bicyclic) bond motifs is 1. The Hall–Kier alpha value is -4.12. The van der Waals surface area contributed by atoms with Gasteiger partial charge in [-0.05, 0) is 55.9 Å². The molecule has 0 bridgehead atoms. The predicted molar refractivity (Wildman–Crippen MR) is 175 cm³/mol. The Bertz CT molecular complexity index is 1560. The molecule has 1 saturated heterocycles. The van der Waals surface area contributed by atoms with Crippen LogP contribution in [0.4, 0.5) is 4.39 Å². The number of aromatic nitrogens is 1. The normalized spacial score (nSPS) is 21.5. The Balaban J connectivity index is 1.48. The van der Waals surface area contributed by atoms with Crippen LogP contribution in [0.3, 0.4) is 0 Å². The van der Waals surface area contributed by atoms with Crippen LogP contribution in [-0.4, -0.2) is 76.7 Å². The van der Waals surface area contributed by atoms with Crippen molar-refractivity contribution in [2.24, 2.45) is 5.92 Å². The quantitative estimate of drug-likeness (QED) is 0.387. The summed E-state index contributed by atoms with van der Waals surface area (Å²) in [7, 11) is 0. The first kappa shape index (κ1) is 33.2. The van der Waals surface area contributed by atoms with Gasteiger partial charge in [0.25, 0.3) is 0 Å². The number of nitrogens with zero attached hydrogens (tertiary/aromatic N) is 3. The molecule has 3 atom stereocenters. The van der Waals surface area contributed by atoms with Crippen molar-refractivity contribution in [3.63, 3.8) is 0 Å². The zero-order valence-electron chi connectivity index (χ0n) is 26.5. The minimum atomic E-state index is -0.913. The molecule has 1 saturated carbocycles. The maximum absolute atomic E-state index is 14.5. The maximum Gasteiger partial charge on any atom is 0.245 e. The zero-order chi connectivity index (χ0) is 32.6. The minimum absolute atomic E-state index is 0.0956. The summed E-state index contributed by atoms with van der Waals surface area (Å²) in [5, 5.41) is 8.90. The molecule has 0 radical (unpaired) electrons. The highest BCUT2D eigenvalue weighted by Crippen LogP contribution is 2.26. The van der Waals surface area contributed by atoms with E-state index < -0.39 is 23.9 Å². The van der Waals surface area contributed by atoms with Crippen molar-refractivity contribution in [2.75, 3.05) is 26.2 Å². The lowest BCUT2D eigenvalue weighted by molar-refractivity contribution is -0.143. The summed E-state index contributed by atoms with van der Waals surface area (Å²) in [6.07, 6.45) is 3.81. The molecule has 2 aromatic carbocycles. The van der Waals surface area contributed by atoms with Gasteiger partial charge in [0.2, 0.25) is 23.6 Å². The molecule has 244 valence electrons. The van der Waals surface area contributed by atoms with Crippen molar-refractivity contribution in [3.8, 4) is 0 Å². The van der Waals surface area contributed by atoms with Gasteiger partial charge in [-0.25, -0.2) is 9.37 Å². The van der Waals surface area contributed by atoms with E-state index in [-0.39, 0.29) is 62.6 Å². The van der Waals surface area contributed by atoms with Gasteiger partial charge in [-0.2, -0.15) is 0 Å². The fraction of sp³-hybridized carbons (Fsp3) is 0.457. The number of thiazole rings is 1. The highest BCUT2D eigenvalue weighted by Gasteiger charge is 2.37. The third-order valence-corrected chi connectivity index (χ3v) is 9.81. The molecule has 2 heterocycles. The number of hydrogen-bond acceptors (Lipinski definition) is 6. The monoisotopic (exact) mass is 647 g/mol. The third-order valence-electron chi connectivity index (χ3n) is 8.99. The Morgan fingerprint density at radius 3 is 2.33 bits per heavy atom. The first-order valence-electron chi connectivity index (χ1n) is 16.0. The first-order chi connectivity index (χ1) is 22.2. The number of halogens is 1. The first-order valence-corrected chi connectivity index (χ1v) is 16.9. The largest absolute Gasteiger partial charge is 0.351 e. The van der Waals surface area contributed by atoms with E-state index in [0.29, 0.717) is 24.8 Å². The highest BCUT2D eigenvalue weighted by molar-refractivity contribution is 7.09. The van der Waals surface area contributed by atoms with E-state index in [9.17, 15) is 23.6 Å². The van der Waals surface area contributed by atoms with Crippen LogP contribution in [0.2, 0.25) is 0 Å². The number of rotatable bonds is 8. The lowest BCUT2D eigenvalue weighted by Gasteiger charge is -2.33. The van der Waals surface area contributed by atoms with E-state index in [1.54, 1.807) is 18.2 Å². The molecule has 46 heavy (non-hydrogen) atoms. The number of aryl methyl sites for hydroxylation is 2. The van der Waals surface area contributed by atoms with Crippen LogP contribution in [0, 0.1) is 25.6 Å². The smallest absolute Gasteiger partial charge is 0.245 e. The number of benzene rings is 2. The number of carbonyl (C=O) groups is 4. The predicted octanol–water partition coefficient (Wildman–Crippen LogP) is 3.76. The molecule has 2 aliphatic rings. The van der Waals surface area contributed by atoms with Gasteiger partial charge < -0.3 is 20.4 Å². The van der Waals surface area contributed by atoms with E-state index in [1.807, 2.05) is 43.5 Å². The summed E-state index contributed by atoms with van der Waals surface area (Å²) < 4.78 is 14.5. The third kappa shape index (κ3) is 8.57. The lowest BCUT2D eigenvalue weighted by atomic mass is 9.83. The van der Waals surface area contributed by atoms with Gasteiger partial charge in [-0.3, -0.25) is 19.2 Å². The van der Waals surface area contributed by atoms with E-state index in [0.717, 1.165) is 34.7 Å². The van der Waals surface area contributed by atoms with Crippen molar-refractivity contribution < 1.29 is 23.6 Å². The van der Waals surface area contributed by atoms with Crippen LogP contribution in [-0.2, 0) is 38.4 Å². The van der Waals surface area contributed by atoms with E-state index >= 15 is 0 Å². The van der Waals surface area contributed by atoms with Crippen molar-refractivity contribution in [1.82, 2.24) is 25.4 Å². The van der Waals surface area contributed by atoms with Gasteiger partial charge in [0, 0.05) is 37.4 Å². The van der Waals surface area contributed by atoms with Crippen LogP contribution < -0.4 is 10.6 Å². The number of carbonyl (C=O) groups excluding carboxylic acids is 4. The summed E-state index contributed by atoms with van der Waals surface area (Å²) >= 11 is 1.51. The zero-order valence-corrected chi connectivity index (χ0v) is 27.3. The molecule has 3 aromatic rings. The number of amides is 4. The topological polar surface area (TPSA) is 112 Å². The van der Waals surface area contributed by atoms with Crippen LogP contribution in [0.1, 0.15) is 53.1 Å². The molecule has 1 aliphatic heterocycles. The second-order valence-electron chi connectivity index (χ2n) is 12.3. The summed E-state index contributed by atoms with van der Waals surface area (Å²) in [5.41, 5.74) is 3.17. The summed E-state index contributed by atoms with van der Waals surface area (Å²) in [4.78, 5) is 63.0. The molecule has 2 fully saturated rings. The molecular weight excluding hydrogens is 605 g/mol. The standard InChI is InChI=1S/C35H42FN5O4S/c1-23-9-3-4-11-26(23)19-31-35(45)41(18-16-27-22-46-24(2)37-27)21-33(43)40(17-15-25-10-5-7-13-29(25)36)20-32(42)38-30-14-8-6-12-28(30)34(44)39-31/h3-5,7,9-11,13,22,28,30-31H,6,8,12,14-21H2,1-2H3,(H,38,42)(H,39,44)/t28-,30+,31+/m1/s1. The second-order valence-corrected chi connectivity index (χ2v) is 13.3. The van der Waals surface area contributed by atoms with Gasteiger partial charge in [0.1, 0.15) is 11.9 Å². The Kier molecular flexibility index (Phi) is 11.2. The molecule has 9 nitrogen and oxygen atoms in total. The molecule has 2 N–H and O–H groups in total. The van der Waals surface area contributed by atoms with Gasteiger partial charge in [0.05, 0.1) is 29.7 Å². The summed E-state index contributed by atoms with van der Waals surface area (Å²) in [6.45, 7) is 3.63.